The third kappa shape index (κ3) is 6.86. The van der Waals surface area contributed by atoms with Gasteiger partial charge in [0, 0.05) is 22.3 Å². The van der Waals surface area contributed by atoms with Gasteiger partial charge in [-0.25, -0.2) is 4.79 Å². The molecule has 2 atom stereocenters. The van der Waals surface area contributed by atoms with E-state index < -0.39 is 39.3 Å². The molecule has 0 bridgehead atoms. The van der Waals surface area contributed by atoms with Crippen LogP contribution in [0.3, 0.4) is 0 Å². The quantitative estimate of drug-likeness (QED) is 0.0679. The second kappa shape index (κ2) is 13.3. The standard InChI is InChI=1S/C22H22N6O11S3/c1-3-35-26-14(17-25-22(23)41-27-17)18(29)24-15-19(30)28-16(21(31)32)12(10-40-20(15)28)8-9-36-37-38-39-42(33,34)13-6-4-11(2)5-7-13/h4-9,15,20H,3,10H2,1-2H3,(H,24,29)(H,31,32)(H2,23,25,27)/b9-8+,26-14+. The number of carboxylic acids is 1. The summed E-state index contributed by atoms with van der Waals surface area (Å²) in [4.78, 5) is 52.1. The van der Waals surface area contributed by atoms with Gasteiger partial charge in [0.2, 0.25) is 11.5 Å². The maximum Gasteiger partial charge on any atom is 0.352 e. The second-order valence-electron chi connectivity index (χ2n) is 8.22. The summed E-state index contributed by atoms with van der Waals surface area (Å²) < 4.78 is 32.2. The number of nitrogens with zero attached hydrogens (tertiary/aromatic N) is 4. The number of rotatable bonds is 13. The van der Waals surface area contributed by atoms with Crippen LogP contribution >= 0.6 is 23.3 Å². The summed E-state index contributed by atoms with van der Waals surface area (Å²) in [6.07, 6.45) is 2.03. The van der Waals surface area contributed by atoms with Crippen molar-refractivity contribution in [2.24, 2.45) is 5.16 Å². The number of hydrogen-bond acceptors (Lipinski definition) is 16. The molecule has 1 aromatic heterocycles. The number of carbonyl (C=O) groups excluding carboxylic acids is 2. The number of carbonyl (C=O) groups is 3. The lowest BCUT2D eigenvalue weighted by Crippen LogP contribution is -2.71. The van der Waals surface area contributed by atoms with Crippen LogP contribution in [0.1, 0.15) is 18.3 Å². The van der Waals surface area contributed by atoms with Gasteiger partial charge in [-0.3, -0.25) is 14.5 Å². The average Bonchev–Trinajstić information content (AvgIpc) is 3.39. The van der Waals surface area contributed by atoms with Crippen LogP contribution in [0.4, 0.5) is 5.13 Å². The first-order valence-corrected chi connectivity index (χ1v) is 14.9. The van der Waals surface area contributed by atoms with E-state index in [0.717, 1.165) is 40.0 Å². The van der Waals surface area contributed by atoms with E-state index in [1.807, 2.05) is 0 Å². The minimum absolute atomic E-state index is 0.0888. The highest BCUT2D eigenvalue weighted by Gasteiger charge is 2.54. The van der Waals surface area contributed by atoms with Crippen molar-refractivity contribution in [3.8, 4) is 0 Å². The van der Waals surface area contributed by atoms with Crippen LogP contribution in [0.2, 0.25) is 0 Å². The molecule has 0 radical (unpaired) electrons. The Bertz CT molecular complexity index is 1560. The largest absolute Gasteiger partial charge is 0.477 e. The third-order valence-corrected chi connectivity index (χ3v) is 8.39. The lowest BCUT2D eigenvalue weighted by Gasteiger charge is -2.49. The Morgan fingerprint density at radius 2 is 2.02 bits per heavy atom. The molecule has 20 heteroatoms. The molecule has 2 aliphatic rings. The zero-order valence-electron chi connectivity index (χ0n) is 21.7. The average molecular weight is 643 g/mol. The molecule has 17 nitrogen and oxygen atoms in total. The topological polar surface area (TPSA) is 231 Å². The van der Waals surface area contributed by atoms with E-state index in [9.17, 15) is 27.9 Å². The molecule has 2 aromatic rings. The molecule has 4 rings (SSSR count). The van der Waals surface area contributed by atoms with Gasteiger partial charge in [0.05, 0.1) is 4.90 Å². The van der Waals surface area contributed by atoms with E-state index >= 15 is 0 Å². The molecule has 1 saturated heterocycles. The maximum absolute atomic E-state index is 12.9. The number of fused-ring (bicyclic) bond motifs is 1. The molecule has 0 saturated carbocycles. The summed E-state index contributed by atoms with van der Waals surface area (Å²) >= 11 is 2.00. The Morgan fingerprint density at radius 1 is 1.29 bits per heavy atom. The van der Waals surface area contributed by atoms with Crippen LogP contribution < -0.4 is 11.1 Å². The van der Waals surface area contributed by atoms with Gasteiger partial charge in [-0.1, -0.05) is 27.2 Å². The fraction of sp³-hybridized carbons (Fsp3) is 0.273. The van der Waals surface area contributed by atoms with Crippen molar-refractivity contribution in [3.05, 3.63) is 59.3 Å². The van der Waals surface area contributed by atoms with Crippen molar-refractivity contribution in [2.75, 3.05) is 18.1 Å². The summed E-state index contributed by atoms with van der Waals surface area (Å²) in [5.74, 6) is -2.93. The Labute approximate surface area is 246 Å². The number of β-lactam (4-membered cyclic amide) rings is 1. The zero-order valence-corrected chi connectivity index (χ0v) is 24.1. The first-order chi connectivity index (χ1) is 20.0. The number of anilines is 1. The summed E-state index contributed by atoms with van der Waals surface area (Å²) in [6.45, 7) is 3.57. The number of oxime groups is 1. The number of thioether (sulfide) groups is 1. The van der Waals surface area contributed by atoms with Gasteiger partial charge in [-0.05, 0) is 42.7 Å². The van der Waals surface area contributed by atoms with Crippen molar-refractivity contribution in [2.45, 2.75) is 30.2 Å². The number of nitrogen functional groups attached to an aromatic ring is 1. The normalized spacial score (nSPS) is 19.0. The molecular formula is C22H22N6O11S3. The predicted octanol–water partition coefficient (Wildman–Crippen LogP) is 0.622. The molecule has 1 fully saturated rings. The smallest absolute Gasteiger partial charge is 0.352 e. The first kappa shape index (κ1) is 30.9. The van der Waals surface area contributed by atoms with Crippen molar-refractivity contribution in [1.82, 2.24) is 19.6 Å². The van der Waals surface area contributed by atoms with E-state index in [1.54, 1.807) is 26.0 Å². The maximum atomic E-state index is 12.9. The van der Waals surface area contributed by atoms with Gasteiger partial charge in [0.25, 0.3) is 11.8 Å². The van der Waals surface area contributed by atoms with E-state index in [0.29, 0.717) is 0 Å². The van der Waals surface area contributed by atoms with Gasteiger partial charge in [0.1, 0.15) is 30.0 Å². The molecule has 0 aliphatic carbocycles. The fourth-order valence-electron chi connectivity index (χ4n) is 3.57. The monoisotopic (exact) mass is 642 g/mol. The fourth-order valence-corrected chi connectivity index (χ4v) is 5.96. The molecule has 42 heavy (non-hydrogen) atoms. The van der Waals surface area contributed by atoms with Crippen molar-refractivity contribution in [3.63, 3.8) is 0 Å². The number of aromatic nitrogens is 2. The van der Waals surface area contributed by atoms with Crippen LogP contribution in [-0.4, -0.2) is 75.1 Å². The Kier molecular flexibility index (Phi) is 9.75. The molecule has 4 N–H and O–H groups in total. The number of aliphatic carboxylic acids is 1. The Hall–Kier alpha value is -4.08. The molecule has 2 aliphatic heterocycles. The number of nitrogens with two attached hydrogens (primary N) is 1. The van der Waals surface area contributed by atoms with Crippen LogP contribution in [-0.2, 0) is 48.6 Å². The van der Waals surface area contributed by atoms with Crippen LogP contribution in [0, 0.1) is 6.92 Å². The molecule has 224 valence electrons. The number of aryl methyl sites for hydroxylation is 1. The number of nitrogens with one attached hydrogen (secondary N) is 1. The van der Waals surface area contributed by atoms with Crippen molar-refractivity contribution >= 4 is 62.0 Å². The van der Waals surface area contributed by atoms with Gasteiger partial charge in [0.15, 0.2) is 5.13 Å². The number of amides is 2. The minimum Gasteiger partial charge on any atom is -0.477 e. The highest BCUT2D eigenvalue weighted by Crippen LogP contribution is 2.40. The van der Waals surface area contributed by atoms with E-state index in [-0.39, 0.29) is 45.2 Å². The van der Waals surface area contributed by atoms with Gasteiger partial charge in [-0.15, -0.1) is 11.8 Å². The Balaban J connectivity index is 1.36. The number of hydrogen-bond donors (Lipinski definition) is 3. The summed E-state index contributed by atoms with van der Waals surface area (Å²) in [5, 5.41) is 23.7. The summed E-state index contributed by atoms with van der Waals surface area (Å²) in [5.41, 5.74) is 5.91. The molecule has 3 heterocycles. The lowest BCUT2D eigenvalue weighted by atomic mass is 10.0. The number of carboxylic acid groups (broad SMARTS) is 1. The van der Waals surface area contributed by atoms with Gasteiger partial charge in [-0.2, -0.15) is 17.8 Å². The summed E-state index contributed by atoms with van der Waals surface area (Å²) in [7, 11) is -4.30. The van der Waals surface area contributed by atoms with Crippen LogP contribution in [0.15, 0.2) is 57.9 Å². The summed E-state index contributed by atoms with van der Waals surface area (Å²) in [6, 6.07) is 4.64. The Morgan fingerprint density at radius 3 is 2.67 bits per heavy atom. The van der Waals surface area contributed by atoms with Crippen LogP contribution in [0.5, 0.6) is 0 Å². The van der Waals surface area contributed by atoms with Crippen molar-refractivity contribution < 1.29 is 52.0 Å². The van der Waals surface area contributed by atoms with Gasteiger partial charge >= 0.3 is 16.1 Å². The second-order valence-corrected chi connectivity index (χ2v) is 11.6. The lowest BCUT2D eigenvalue weighted by molar-refractivity contribution is -0.592. The van der Waals surface area contributed by atoms with Crippen LogP contribution in [0.25, 0.3) is 0 Å². The van der Waals surface area contributed by atoms with Crippen molar-refractivity contribution in [1.29, 1.82) is 0 Å². The zero-order chi connectivity index (χ0) is 30.4. The first-order valence-electron chi connectivity index (χ1n) is 11.7. The van der Waals surface area contributed by atoms with Gasteiger partial charge < -0.3 is 25.9 Å². The molecule has 1 aromatic carbocycles. The van der Waals surface area contributed by atoms with E-state index in [1.165, 1.54) is 18.2 Å². The predicted molar refractivity (Wildman–Crippen MR) is 144 cm³/mol. The number of allylic oxidation sites excluding steroid dienone is 1. The highest BCUT2D eigenvalue weighted by atomic mass is 32.2. The van der Waals surface area contributed by atoms with E-state index in [2.05, 4.69) is 39.1 Å². The molecule has 2 unspecified atom stereocenters. The minimum atomic E-state index is -4.30. The van der Waals surface area contributed by atoms with E-state index in [4.69, 9.17) is 10.6 Å². The molecular weight excluding hydrogens is 620 g/mol. The highest BCUT2D eigenvalue weighted by molar-refractivity contribution is 8.00. The molecule has 0 spiro atoms. The molecule has 2 amide bonds. The third-order valence-electron chi connectivity index (χ3n) is 5.46. The number of benzene rings is 1. The SMILES string of the molecule is CCO/N=C(/C(=O)NC1C(=O)N2C(C(=O)O)=C(/C=C/OOOOS(=O)(=O)c3ccc(C)cc3)CSC12)c1nsc(N)n1.